The third-order valence-corrected chi connectivity index (χ3v) is 6.08. The highest BCUT2D eigenvalue weighted by molar-refractivity contribution is 8.01. The number of aromatic nitrogens is 1. The van der Waals surface area contributed by atoms with Crippen molar-refractivity contribution in [3.63, 3.8) is 0 Å². The molecule has 4 aromatic rings. The second-order valence-electron chi connectivity index (χ2n) is 5.17. The smallest absolute Gasteiger partial charge is 0.0934 e. The molecule has 0 saturated carbocycles. The zero-order valence-corrected chi connectivity index (χ0v) is 13.9. The monoisotopic (exact) mass is 321 g/mol. The van der Waals surface area contributed by atoms with Crippen molar-refractivity contribution in [3.8, 4) is 0 Å². The van der Waals surface area contributed by atoms with E-state index in [4.69, 9.17) is 0 Å². The molecule has 0 atom stereocenters. The summed E-state index contributed by atoms with van der Waals surface area (Å²) in [4.78, 5) is 5.78. The molecule has 0 radical (unpaired) electrons. The van der Waals surface area contributed by atoms with Crippen LogP contribution in [0.25, 0.3) is 21.5 Å². The summed E-state index contributed by atoms with van der Waals surface area (Å²) >= 11 is 3.62. The van der Waals surface area contributed by atoms with Gasteiger partial charge in [0.15, 0.2) is 0 Å². The average Bonchev–Trinajstić information content (AvgIpc) is 3.03. The van der Waals surface area contributed by atoms with Gasteiger partial charge in [0, 0.05) is 4.90 Å². The van der Waals surface area contributed by atoms with Crippen molar-refractivity contribution >= 4 is 44.6 Å². The minimum absolute atomic E-state index is 1.00. The predicted molar refractivity (Wildman–Crippen MR) is 97.1 cm³/mol. The summed E-state index contributed by atoms with van der Waals surface area (Å²) in [6, 6.07) is 19.6. The summed E-state index contributed by atoms with van der Waals surface area (Å²) in [7, 11) is 0. The molecule has 0 N–H and O–H groups in total. The van der Waals surface area contributed by atoms with Gasteiger partial charge in [0.1, 0.15) is 0 Å². The summed E-state index contributed by atoms with van der Waals surface area (Å²) in [5.74, 6) is 0. The Hall–Kier alpha value is -1.84. The van der Waals surface area contributed by atoms with Gasteiger partial charge in [0.2, 0.25) is 0 Å². The molecule has 0 spiro atoms. The van der Waals surface area contributed by atoms with E-state index in [0.717, 1.165) is 6.42 Å². The van der Waals surface area contributed by atoms with Gasteiger partial charge in [-0.2, -0.15) is 0 Å². The first kappa shape index (κ1) is 13.8. The van der Waals surface area contributed by atoms with E-state index in [-0.39, 0.29) is 0 Å². The number of hydrogen-bond acceptors (Lipinski definition) is 3. The molecule has 3 aromatic carbocycles. The Morgan fingerprint density at radius 2 is 1.68 bits per heavy atom. The maximum atomic E-state index is 4.47. The number of rotatable bonds is 3. The molecular formula is C19H15NS2. The number of benzene rings is 3. The van der Waals surface area contributed by atoms with Crippen molar-refractivity contribution in [1.82, 2.24) is 4.98 Å². The Labute approximate surface area is 138 Å². The molecule has 0 fully saturated rings. The van der Waals surface area contributed by atoms with Crippen molar-refractivity contribution in [2.24, 2.45) is 0 Å². The van der Waals surface area contributed by atoms with E-state index in [2.05, 4.69) is 66.5 Å². The van der Waals surface area contributed by atoms with E-state index in [1.54, 1.807) is 11.3 Å². The highest BCUT2D eigenvalue weighted by atomic mass is 32.2. The van der Waals surface area contributed by atoms with Crippen molar-refractivity contribution < 1.29 is 0 Å². The third kappa shape index (κ3) is 2.40. The Morgan fingerprint density at radius 3 is 2.45 bits per heavy atom. The van der Waals surface area contributed by atoms with Crippen LogP contribution in [0.2, 0.25) is 0 Å². The summed E-state index contributed by atoms with van der Waals surface area (Å²) in [6.45, 7) is 2.15. The summed E-state index contributed by atoms with van der Waals surface area (Å²) in [6.07, 6.45) is 3.00. The molecule has 3 heteroatoms. The van der Waals surface area contributed by atoms with Crippen LogP contribution in [0.4, 0.5) is 0 Å². The molecule has 0 bridgehead atoms. The van der Waals surface area contributed by atoms with E-state index in [0.29, 0.717) is 0 Å². The minimum Gasteiger partial charge on any atom is -0.248 e. The van der Waals surface area contributed by atoms with E-state index in [9.17, 15) is 0 Å². The fourth-order valence-electron chi connectivity index (χ4n) is 2.72. The second-order valence-corrected chi connectivity index (χ2v) is 7.63. The van der Waals surface area contributed by atoms with Crippen LogP contribution in [-0.2, 0) is 6.42 Å². The molecule has 0 unspecified atom stereocenters. The van der Waals surface area contributed by atoms with Gasteiger partial charge < -0.3 is 0 Å². The van der Waals surface area contributed by atoms with Crippen LogP contribution in [0.3, 0.4) is 0 Å². The van der Waals surface area contributed by atoms with E-state index in [1.165, 1.54) is 35.7 Å². The lowest BCUT2D eigenvalue weighted by molar-refractivity contribution is 1.09. The molecule has 0 aliphatic carbocycles. The Bertz CT molecular complexity index is 956. The maximum absolute atomic E-state index is 4.47. The van der Waals surface area contributed by atoms with Gasteiger partial charge in [-0.1, -0.05) is 67.2 Å². The molecule has 22 heavy (non-hydrogen) atoms. The van der Waals surface area contributed by atoms with Crippen LogP contribution in [0.15, 0.2) is 69.9 Å². The van der Waals surface area contributed by atoms with E-state index >= 15 is 0 Å². The minimum atomic E-state index is 1.00. The standard InChI is InChI=1S/C19H15NS2/c1-2-18-20-12-19(22-18)21-17-11-13-7-3-4-8-14(13)15-9-5-6-10-16(15)17/h3-12H,2H2,1H3. The van der Waals surface area contributed by atoms with E-state index in [1.807, 2.05) is 18.0 Å². The predicted octanol–water partition coefficient (Wildman–Crippen LogP) is 6.16. The van der Waals surface area contributed by atoms with Crippen molar-refractivity contribution in [2.75, 3.05) is 0 Å². The Morgan fingerprint density at radius 1 is 0.955 bits per heavy atom. The van der Waals surface area contributed by atoms with Crippen LogP contribution in [0.5, 0.6) is 0 Å². The lowest BCUT2D eigenvalue weighted by Gasteiger charge is -2.09. The van der Waals surface area contributed by atoms with Gasteiger partial charge in [0.05, 0.1) is 15.4 Å². The van der Waals surface area contributed by atoms with Crippen LogP contribution in [0, 0.1) is 0 Å². The van der Waals surface area contributed by atoms with Gasteiger partial charge in [-0.25, -0.2) is 4.98 Å². The molecule has 0 amide bonds. The summed E-state index contributed by atoms with van der Waals surface area (Å²) < 4.78 is 1.26. The quantitative estimate of drug-likeness (QED) is 0.419. The normalized spacial score (nSPS) is 11.3. The van der Waals surface area contributed by atoms with Crippen molar-refractivity contribution in [3.05, 3.63) is 65.8 Å². The molecule has 1 aromatic heterocycles. The maximum Gasteiger partial charge on any atom is 0.0934 e. The van der Waals surface area contributed by atoms with Gasteiger partial charge in [-0.05, 0) is 34.0 Å². The molecule has 1 heterocycles. The lowest BCUT2D eigenvalue weighted by Crippen LogP contribution is -1.81. The highest BCUT2D eigenvalue weighted by Gasteiger charge is 2.09. The largest absolute Gasteiger partial charge is 0.248 e. The zero-order valence-electron chi connectivity index (χ0n) is 12.2. The Balaban J connectivity index is 1.91. The fraction of sp³-hybridized carbons (Fsp3) is 0.105. The van der Waals surface area contributed by atoms with Crippen LogP contribution in [-0.4, -0.2) is 4.98 Å². The first-order valence-electron chi connectivity index (χ1n) is 7.38. The number of nitrogens with zero attached hydrogens (tertiary/aromatic N) is 1. The van der Waals surface area contributed by atoms with Gasteiger partial charge in [0.25, 0.3) is 0 Å². The second kappa shape index (κ2) is 5.75. The number of fused-ring (bicyclic) bond motifs is 3. The van der Waals surface area contributed by atoms with Gasteiger partial charge >= 0.3 is 0 Å². The molecule has 108 valence electrons. The molecule has 1 nitrogen and oxygen atoms in total. The van der Waals surface area contributed by atoms with Crippen LogP contribution >= 0.6 is 23.1 Å². The van der Waals surface area contributed by atoms with Crippen molar-refractivity contribution in [2.45, 2.75) is 22.4 Å². The molecule has 0 aliphatic heterocycles. The molecule has 0 aliphatic rings. The number of hydrogen-bond donors (Lipinski definition) is 0. The van der Waals surface area contributed by atoms with Gasteiger partial charge in [-0.15, -0.1) is 11.3 Å². The first-order valence-corrected chi connectivity index (χ1v) is 9.01. The van der Waals surface area contributed by atoms with Gasteiger partial charge in [-0.3, -0.25) is 0 Å². The highest BCUT2D eigenvalue weighted by Crippen LogP contribution is 2.39. The van der Waals surface area contributed by atoms with Crippen LogP contribution in [0.1, 0.15) is 11.9 Å². The Kier molecular flexibility index (Phi) is 3.60. The average molecular weight is 321 g/mol. The summed E-state index contributed by atoms with van der Waals surface area (Å²) in [5.41, 5.74) is 0. The topological polar surface area (TPSA) is 12.9 Å². The summed E-state index contributed by atoms with van der Waals surface area (Å²) in [5, 5.41) is 6.46. The lowest BCUT2D eigenvalue weighted by atomic mass is 10.0. The van der Waals surface area contributed by atoms with Crippen LogP contribution < -0.4 is 0 Å². The number of thiazole rings is 1. The zero-order chi connectivity index (χ0) is 14.9. The SMILES string of the molecule is CCc1ncc(Sc2cc3ccccc3c3ccccc23)s1. The molecule has 0 saturated heterocycles. The molecular weight excluding hydrogens is 306 g/mol. The number of aryl methyl sites for hydroxylation is 1. The molecule has 4 rings (SSSR count). The van der Waals surface area contributed by atoms with Crippen molar-refractivity contribution in [1.29, 1.82) is 0 Å². The first-order chi connectivity index (χ1) is 10.8. The fourth-order valence-corrected chi connectivity index (χ4v) is 4.82. The third-order valence-electron chi connectivity index (χ3n) is 3.78. The van der Waals surface area contributed by atoms with E-state index < -0.39 is 0 Å².